The normalized spacial score (nSPS) is 11.3. The maximum absolute atomic E-state index is 10.8. The summed E-state index contributed by atoms with van der Waals surface area (Å²) in [7, 11) is 0. The molecule has 0 saturated carbocycles. The number of carbonyl (C=O) groups excluding carboxylic acids is 1. The molecule has 0 aliphatic rings. The predicted octanol–water partition coefficient (Wildman–Crippen LogP) is 4.42. The number of thiophene rings is 1. The molecule has 1 aromatic heterocycles. The summed E-state index contributed by atoms with van der Waals surface area (Å²) < 4.78 is 5.03. The van der Waals surface area contributed by atoms with Gasteiger partial charge in [0.05, 0.1) is 12.4 Å². The van der Waals surface area contributed by atoms with Gasteiger partial charge in [-0.05, 0) is 23.1 Å². The van der Waals surface area contributed by atoms with E-state index in [0.717, 1.165) is 12.8 Å². The third-order valence-electron chi connectivity index (χ3n) is 2.58. The summed E-state index contributed by atoms with van der Waals surface area (Å²) in [6.45, 7) is 4.87. The van der Waals surface area contributed by atoms with Gasteiger partial charge in [0.1, 0.15) is 0 Å². The van der Waals surface area contributed by atoms with Crippen LogP contribution in [0.4, 0.5) is 0 Å². The van der Waals surface area contributed by atoms with Crippen molar-refractivity contribution >= 4 is 29.9 Å². The lowest BCUT2D eigenvalue weighted by molar-refractivity contribution is -0.141. The molecule has 1 unspecified atom stereocenters. The van der Waals surface area contributed by atoms with Crippen molar-refractivity contribution in [2.75, 3.05) is 12.4 Å². The monoisotopic (exact) mass is 288 g/mol. The van der Waals surface area contributed by atoms with Gasteiger partial charge < -0.3 is 4.74 Å². The SMILES string of the molecule is CCCCC(CC)COC(=O)CS.c1ccsc1. The highest BCUT2D eigenvalue weighted by atomic mass is 32.1. The molecule has 2 nitrogen and oxygen atoms in total. The standard InChI is InChI=1S/C10H20O2S.C4H4S/c1-3-5-6-9(4-2)7-12-10(11)8-13;1-2-4-5-3-1/h9,13H,3-8H2,1-2H3;1-4H. The van der Waals surface area contributed by atoms with Crippen LogP contribution in [-0.2, 0) is 9.53 Å². The average molecular weight is 288 g/mol. The third kappa shape index (κ3) is 10.7. The molecular weight excluding hydrogens is 264 g/mol. The van der Waals surface area contributed by atoms with E-state index in [2.05, 4.69) is 26.5 Å². The first-order valence-electron chi connectivity index (χ1n) is 6.48. The molecule has 0 aromatic carbocycles. The first-order valence-corrected chi connectivity index (χ1v) is 8.05. The minimum Gasteiger partial charge on any atom is -0.465 e. The fourth-order valence-corrected chi connectivity index (χ4v) is 1.93. The smallest absolute Gasteiger partial charge is 0.315 e. The van der Waals surface area contributed by atoms with E-state index in [-0.39, 0.29) is 11.7 Å². The van der Waals surface area contributed by atoms with Crippen molar-refractivity contribution in [3.63, 3.8) is 0 Å². The quantitative estimate of drug-likeness (QED) is 0.593. The van der Waals surface area contributed by atoms with Crippen LogP contribution in [-0.4, -0.2) is 18.3 Å². The number of hydrogen-bond acceptors (Lipinski definition) is 4. The Morgan fingerprint density at radius 3 is 2.39 bits per heavy atom. The Hall–Kier alpha value is -0.480. The van der Waals surface area contributed by atoms with E-state index in [4.69, 9.17) is 4.74 Å². The largest absolute Gasteiger partial charge is 0.465 e. The Bertz CT molecular complexity index is 256. The third-order valence-corrected chi connectivity index (χ3v) is 3.46. The summed E-state index contributed by atoms with van der Waals surface area (Å²) in [6, 6.07) is 4.04. The average Bonchev–Trinajstić information content (AvgIpc) is 2.97. The van der Waals surface area contributed by atoms with Gasteiger partial charge in [0.15, 0.2) is 0 Å². The molecule has 0 bridgehead atoms. The predicted molar refractivity (Wildman–Crippen MR) is 82.4 cm³/mol. The number of thiol groups is 1. The van der Waals surface area contributed by atoms with Gasteiger partial charge in [0.25, 0.3) is 0 Å². The highest BCUT2D eigenvalue weighted by molar-refractivity contribution is 7.81. The fourth-order valence-electron chi connectivity index (χ4n) is 1.38. The molecule has 1 atom stereocenters. The lowest BCUT2D eigenvalue weighted by Crippen LogP contribution is -2.14. The van der Waals surface area contributed by atoms with Crippen molar-refractivity contribution in [2.45, 2.75) is 39.5 Å². The van der Waals surface area contributed by atoms with Crippen LogP contribution in [0.5, 0.6) is 0 Å². The van der Waals surface area contributed by atoms with E-state index in [1.165, 1.54) is 12.8 Å². The summed E-state index contributed by atoms with van der Waals surface area (Å²) >= 11 is 5.56. The topological polar surface area (TPSA) is 26.3 Å². The van der Waals surface area contributed by atoms with Crippen LogP contribution >= 0.6 is 24.0 Å². The second-order valence-corrected chi connectivity index (χ2v) is 5.18. The maximum Gasteiger partial charge on any atom is 0.315 e. The van der Waals surface area contributed by atoms with Crippen molar-refractivity contribution in [1.82, 2.24) is 0 Å². The highest BCUT2D eigenvalue weighted by Crippen LogP contribution is 2.12. The van der Waals surface area contributed by atoms with Gasteiger partial charge in [0, 0.05) is 0 Å². The zero-order chi connectivity index (χ0) is 13.6. The van der Waals surface area contributed by atoms with E-state index in [1.807, 2.05) is 22.9 Å². The summed E-state index contributed by atoms with van der Waals surface area (Å²) in [6.07, 6.45) is 4.67. The van der Waals surface area contributed by atoms with Crippen LogP contribution < -0.4 is 0 Å². The lowest BCUT2D eigenvalue weighted by atomic mass is 10.0. The zero-order valence-electron chi connectivity index (χ0n) is 11.3. The second-order valence-electron chi connectivity index (χ2n) is 4.05. The van der Waals surface area contributed by atoms with Crippen molar-refractivity contribution < 1.29 is 9.53 Å². The Morgan fingerprint density at radius 1 is 1.33 bits per heavy atom. The van der Waals surface area contributed by atoms with Crippen LogP contribution in [0.25, 0.3) is 0 Å². The van der Waals surface area contributed by atoms with Gasteiger partial charge in [-0.1, -0.05) is 45.2 Å². The second kappa shape index (κ2) is 13.0. The fraction of sp³-hybridized carbons (Fsp3) is 0.643. The first kappa shape index (κ1) is 17.5. The van der Waals surface area contributed by atoms with Crippen LogP contribution in [0, 0.1) is 5.92 Å². The molecule has 1 heterocycles. The molecule has 1 aromatic rings. The maximum atomic E-state index is 10.8. The number of unbranched alkanes of at least 4 members (excludes halogenated alkanes) is 1. The van der Waals surface area contributed by atoms with Crippen molar-refractivity contribution in [3.05, 3.63) is 22.9 Å². The summed E-state index contributed by atoms with van der Waals surface area (Å²) in [5, 5.41) is 4.08. The van der Waals surface area contributed by atoms with Crippen molar-refractivity contribution in [2.24, 2.45) is 5.92 Å². The molecule has 0 radical (unpaired) electrons. The number of esters is 1. The van der Waals surface area contributed by atoms with E-state index >= 15 is 0 Å². The number of rotatable bonds is 7. The molecule has 0 aliphatic carbocycles. The van der Waals surface area contributed by atoms with Crippen LogP contribution in [0.3, 0.4) is 0 Å². The molecule has 1 rings (SSSR count). The number of hydrogen-bond donors (Lipinski definition) is 1. The Balaban J connectivity index is 0.000000473. The van der Waals surface area contributed by atoms with Crippen molar-refractivity contribution in [1.29, 1.82) is 0 Å². The molecule has 0 saturated heterocycles. The molecule has 18 heavy (non-hydrogen) atoms. The van der Waals surface area contributed by atoms with Gasteiger partial charge in [0.2, 0.25) is 0 Å². The van der Waals surface area contributed by atoms with Gasteiger partial charge in [-0.3, -0.25) is 4.79 Å². The van der Waals surface area contributed by atoms with Crippen molar-refractivity contribution in [3.8, 4) is 0 Å². The molecular formula is C14H24O2S2. The molecule has 0 fully saturated rings. The molecule has 0 amide bonds. The minimum atomic E-state index is -0.210. The molecule has 0 spiro atoms. The lowest BCUT2D eigenvalue weighted by Gasteiger charge is -2.13. The summed E-state index contributed by atoms with van der Waals surface area (Å²) in [5.74, 6) is 0.506. The van der Waals surface area contributed by atoms with Gasteiger partial charge in [-0.15, -0.1) is 0 Å². The molecule has 104 valence electrons. The Kier molecular flexibility index (Phi) is 12.6. The van der Waals surface area contributed by atoms with Crippen LogP contribution in [0.2, 0.25) is 0 Å². The van der Waals surface area contributed by atoms with E-state index < -0.39 is 0 Å². The Morgan fingerprint density at radius 2 is 2.00 bits per heavy atom. The van der Waals surface area contributed by atoms with E-state index in [1.54, 1.807) is 11.3 Å². The highest BCUT2D eigenvalue weighted by Gasteiger charge is 2.08. The van der Waals surface area contributed by atoms with Crippen LogP contribution in [0.1, 0.15) is 39.5 Å². The van der Waals surface area contributed by atoms with Gasteiger partial charge >= 0.3 is 5.97 Å². The number of carbonyl (C=O) groups is 1. The van der Waals surface area contributed by atoms with Gasteiger partial charge in [-0.2, -0.15) is 24.0 Å². The van der Waals surface area contributed by atoms with E-state index in [9.17, 15) is 4.79 Å². The first-order chi connectivity index (χ1) is 8.74. The molecule has 4 heteroatoms. The van der Waals surface area contributed by atoms with E-state index in [0.29, 0.717) is 12.5 Å². The minimum absolute atomic E-state index is 0.185. The molecule has 0 aliphatic heterocycles. The van der Waals surface area contributed by atoms with Crippen LogP contribution in [0.15, 0.2) is 22.9 Å². The number of ether oxygens (including phenoxy) is 1. The Labute approximate surface area is 120 Å². The molecule has 0 N–H and O–H groups in total. The summed E-state index contributed by atoms with van der Waals surface area (Å²) in [5.41, 5.74) is 0. The zero-order valence-corrected chi connectivity index (χ0v) is 13.0. The van der Waals surface area contributed by atoms with Gasteiger partial charge in [-0.25, -0.2) is 0 Å². The summed E-state index contributed by atoms with van der Waals surface area (Å²) in [4.78, 5) is 10.8.